The molecule has 0 radical (unpaired) electrons. The smallest absolute Gasteiger partial charge is 0.0181 e. The monoisotopic (exact) mass is 184 g/mol. The quantitative estimate of drug-likeness (QED) is 0.650. The number of benzene rings is 2. The lowest BCUT2D eigenvalue weighted by Gasteiger charge is -2.09. The number of rotatable bonds is 2. The molecule has 0 aliphatic carbocycles. The molecule has 0 aromatic heterocycles. The average molecular weight is 184 g/mol. The van der Waals surface area contributed by atoms with Crippen molar-refractivity contribution >= 4 is 10.8 Å². The van der Waals surface area contributed by atoms with E-state index in [4.69, 9.17) is 0 Å². The Morgan fingerprint density at radius 1 is 1.00 bits per heavy atom. The molecule has 0 fully saturated rings. The van der Waals surface area contributed by atoms with Gasteiger partial charge in [-0.05, 0) is 28.7 Å². The minimum absolute atomic E-state index is 0.666. The van der Waals surface area contributed by atoms with Gasteiger partial charge >= 0.3 is 0 Å². The van der Waals surface area contributed by atoms with E-state index in [0.29, 0.717) is 5.92 Å². The van der Waals surface area contributed by atoms with Crippen LogP contribution in [0.5, 0.6) is 0 Å². The predicted molar refractivity (Wildman–Crippen MR) is 62.7 cm³/mol. The Hall–Kier alpha value is -1.30. The van der Waals surface area contributed by atoms with Gasteiger partial charge in [-0.25, -0.2) is 0 Å². The first-order chi connectivity index (χ1) is 6.81. The highest BCUT2D eigenvalue weighted by molar-refractivity contribution is 5.83. The van der Waals surface area contributed by atoms with Crippen LogP contribution in [0.15, 0.2) is 42.5 Å². The van der Waals surface area contributed by atoms with E-state index in [1.807, 2.05) is 0 Å². The van der Waals surface area contributed by atoms with E-state index in [0.717, 1.165) is 0 Å². The minimum atomic E-state index is 0.666. The second-order valence-electron chi connectivity index (χ2n) is 3.92. The van der Waals surface area contributed by atoms with Gasteiger partial charge in [-0.2, -0.15) is 0 Å². The maximum absolute atomic E-state index is 2.31. The lowest BCUT2D eigenvalue weighted by Crippen LogP contribution is -1.90. The van der Waals surface area contributed by atoms with Gasteiger partial charge in [0.25, 0.3) is 0 Å². The maximum atomic E-state index is 2.31. The van der Waals surface area contributed by atoms with Crippen LogP contribution >= 0.6 is 0 Å². The van der Waals surface area contributed by atoms with Crippen LogP contribution in [-0.2, 0) is 0 Å². The van der Waals surface area contributed by atoms with E-state index >= 15 is 0 Å². The second-order valence-corrected chi connectivity index (χ2v) is 3.92. The SMILES string of the molecule is CC[C@H](C)c1ccc2ccccc2c1. The van der Waals surface area contributed by atoms with Gasteiger partial charge in [0.15, 0.2) is 0 Å². The summed E-state index contributed by atoms with van der Waals surface area (Å²) in [6.45, 7) is 4.52. The molecular formula is C14H16. The lowest BCUT2D eigenvalue weighted by molar-refractivity contribution is 0.735. The number of hydrogen-bond acceptors (Lipinski definition) is 0. The first kappa shape index (κ1) is 9.26. The first-order valence-corrected chi connectivity index (χ1v) is 5.30. The summed E-state index contributed by atoms with van der Waals surface area (Å²) in [6.07, 6.45) is 1.21. The Balaban J connectivity index is 2.51. The van der Waals surface area contributed by atoms with Crippen molar-refractivity contribution in [3.8, 4) is 0 Å². The molecule has 2 aromatic rings. The standard InChI is InChI=1S/C14H16/c1-3-11(2)13-9-8-12-6-4-5-7-14(12)10-13/h4-11H,3H2,1-2H3/t11-/m0/s1. The van der Waals surface area contributed by atoms with E-state index in [9.17, 15) is 0 Å². The first-order valence-electron chi connectivity index (χ1n) is 5.30. The lowest BCUT2D eigenvalue weighted by atomic mass is 9.96. The van der Waals surface area contributed by atoms with Crippen LogP contribution in [0.3, 0.4) is 0 Å². The van der Waals surface area contributed by atoms with Crippen molar-refractivity contribution in [3.05, 3.63) is 48.0 Å². The molecule has 0 saturated heterocycles. The molecule has 0 nitrogen and oxygen atoms in total. The average Bonchev–Trinajstić information content (AvgIpc) is 2.27. The summed E-state index contributed by atoms with van der Waals surface area (Å²) >= 11 is 0. The molecule has 2 aromatic carbocycles. The molecule has 0 heteroatoms. The Morgan fingerprint density at radius 3 is 2.43 bits per heavy atom. The summed E-state index contributed by atoms with van der Waals surface area (Å²) in [5.74, 6) is 0.666. The van der Waals surface area contributed by atoms with Gasteiger partial charge in [0.1, 0.15) is 0 Å². The normalized spacial score (nSPS) is 13.0. The van der Waals surface area contributed by atoms with Crippen molar-refractivity contribution in [1.29, 1.82) is 0 Å². The van der Waals surface area contributed by atoms with Crippen molar-refractivity contribution in [2.24, 2.45) is 0 Å². The third kappa shape index (κ3) is 1.65. The van der Waals surface area contributed by atoms with Crippen LogP contribution in [0.25, 0.3) is 10.8 Å². The van der Waals surface area contributed by atoms with Crippen LogP contribution < -0.4 is 0 Å². The van der Waals surface area contributed by atoms with Crippen LogP contribution in [0.2, 0.25) is 0 Å². The highest BCUT2D eigenvalue weighted by Gasteiger charge is 2.02. The minimum Gasteiger partial charge on any atom is -0.0648 e. The third-order valence-corrected chi connectivity index (χ3v) is 2.95. The fraction of sp³-hybridized carbons (Fsp3) is 0.286. The molecule has 0 unspecified atom stereocenters. The molecular weight excluding hydrogens is 168 g/mol. The fourth-order valence-corrected chi connectivity index (χ4v) is 1.75. The predicted octanol–water partition coefficient (Wildman–Crippen LogP) is 4.35. The van der Waals surface area contributed by atoms with Crippen molar-refractivity contribution < 1.29 is 0 Å². The number of fused-ring (bicyclic) bond motifs is 1. The van der Waals surface area contributed by atoms with Crippen molar-refractivity contribution in [2.75, 3.05) is 0 Å². The largest absolute Gasteiger partial charge is 0.0648 e. The Bertz CT molecular complexity index is 429. The summed E-state index contributed by atoms with van der Waals surface area (Å²) in [6, 6.07) is 15.3. The summed E-state index contributed by atoms with van der Waals surface area (Å²) in [5, 5.41) is 2.69. The summed E-state index contributed by atoms with van der Waals surface area (Å²) < 4.78 is 0. The van der Waals surface area contributed by atoms with Crippen LogP contribution in [0, 0.1) is 0 Å². The van der Waals surface area contributed by atoms with Gasteiger partial charge in [-0.1, -0.05) is 56.3 Å². The molecule has 0 aliphatic rings. The van der Waals surface area contributed by atoms with Gasteiger partial charge < -0.3 is 0 Å². The van der Waals surface area contributed by atoms with E-state index in [1.165, 1.54) is 22.8 Å². The molecule has 14 heavy (non-hydrogen) atoms. The van der Waals surface area contributed by atoms with Crippen LogP contribution in [0.4, 0.5) is 0 Å². The molecule has 0 spiro atoms. The third-order valence-electron chi connectivity index (χ3n) is 2.95. The maximum Gasteiger partial charge on any atom is -0.0181 e. The zero-order valence-corrected chi connectivity index (χ0v) is 8.83. The van der Waals surface area contributed by atoms with Gasteiger partial charge in [0.05, 0.1) is 0 Å². The van der Waals surface area contributed by atoms with E-state index in [1.54, 1.807) is 0 Å². The topological polar surface area (TPSA) is 0 Å². The van der Waals surface area contributed by atoms with E-state index in [-0.39, 0.29) is 0 Å². The number of hydrogen-bond donors (Lipinski definition) is 0. The van der Waals surface area contributed by atoms with Gasteiger partial charge in [0, 0.05) is 0 Å². The van der Waals surface area contributed by atoms with Crippen molar-refractivity contribution in [3.63, 3.8) is 0 Å². The summed E-state index contributed by atoms with van der Waals surface area (Å²) in [4.78, 5) is 0. The summed E-state index contributed by atoms with van der Waals surface area (Å²) in [5.41, 5.74) is 1.45. The van der Waals surface area contributed by atoms with Crippen LogP contribution in [-0.4, -0.2) is 0 Å². The van der Waals surface area contributed by atoms with Crippen LogP contribution in [0.1, 0.15) is 31.7 Å². The summed E-state index contributed by atoms with van der Waals surface area (Å²) in [7, 11) is 0. The highest BCUT2D eigenvalue weighted by Crippen LogP contribution is 2.23. The van der Waals surface area contributed by atoms with Gasteiger partial charge in [-0.3, -0.25) is 0 Å². The molecule has 0 bridgehead atoms. The van der Waals surface area contributed by atoms with Crippen molar-refractivity contribution in [1.82, 2.24) is 0 Å². The fourth-order valence-electron chi connectivity index (χ4n) is 1.75. The molecule has 0 N–H and O–H groups in total. The van der Waals surface area contributed by atoms with Gasteiger partial charge in [0.2, 0.25) is 0 Å². The molecule has 2 rings (SSSR count). The molecule has 0 heterocycles. The Kier molecular flexibility index (Phi) is 2.53. The van der Waals surface area contributed by atoms with Crippen molar-refractivity contribution in [2.45, 2.75) is 26.2 Å². The van der Waals surface area contributed by atoms with Gasteiger partial charge in [-0.15, -0.1) is 0 Å². The second kappa shape index (κ2) is 3.83. The Labute approximate surface area is 85.6 Å². The zero-order chi connectivity index (χ0) is 9.97. The van der Waals surface area contributed by atoms with E-state index < -0.39 is 0 Å². The highest BCUT2D eigenvalue weighted by atomic mass is 14.1. The zero-order valence-electron chi connectivity index (χ0n) is 8.83. The van der Waals surface area contributed by atoms with E-state index in [2.05, 4.69) is 56.3 Å². The molecule has 1 atom stereocenters. The molecule has 72 valence electrons. The molecule has 0 saturated carbocycles. The Morgan fingerprint density at radius 2 is 1.71 bits per heavy atom. The molecule has 0 aliphatic heterocycles. The molecule has 0 amide bonds.